The van der Waals surface area contributed by atoms with E-state index in [9.17, 15) is 4.79 Å². The first-order valence-corrected chi connectivity index (χ1v) is 9.61. The van der Waals surface area contributed by atoms with Crippen LogP contribution in [0.3, 0.4) is 0 Å². The number of carboxylic acids is 1. The lowest BCUT2D eigenvalue weighted by atomic mass is 9.84. The Kier molecular flexibility index (Phi) is 8.06. The fraction of sp³-hybridized carbons (Fsp3) is 0.722. The van der Waals surface area contributed by atoms with Crippen LogP contribution in [0.15, 0.2) is 16.8 Å². The molecule has 0 atom stereocenters. The van der Waals surface area contributed by atoms with Crippen molar-refractivity contribution < 1.29 is 14.6 Å². The molecule has 0 radical (unpaired) electrons. The monoisotopic (exact) mass is 339 g/mol. The number of ether oxygens (including phenoxy) is 1. The van der Waals surface area contributed by atoms with Crippen molar-refractivity contribution in [3.05, 3.63) is 22.4 Å². The molecule has 23 heavy (non-hydrogen) atoms. The van der Waals surface area contributed by atoms with Gasteiger partial charge in [-0.25, -0.2) is 0 Å². The molecule has 1 aromatic rings. The Balaban J connectivity index is 1.50. The van der Waals surface area contributed by atoms with Crippen LogP contribution in [-0.4, -0.2) is 48.8 Å². The number of nitrogens with zero attached hydrogens (tertiary/aromatic N) is 1. The normalized spacial score (nSPS) is 21.7. The Morgan fingerprint density at radius 3 is 2.78 bits per heavy atom. The van der Waals surface area contributed by atoms with Gasteiger partial charge in [0.05, 0.1) is 12.5 Å². The molecular formula is C18H29NO3S. The van der Waals surface area contributed by atoms with Gasteiger partial charge >= 0.3 is 5.97 Å². The molecule has 0 aromatic carbocycles. The third-order valence-corrected chi connectivity index (χ3v) is 5.38. The molecule has 4 nitrogen and oxygen atoms in total. The van der Waals surface area contributed by atoms with Crippen LogP contribution >= 0.6 is 11.3 Å². The quantitative estimate of drug-likeness (QED) is 0.661. The van der Waals surface area contributed by atoms with Crippen LogP contribution in [0.2, 0.25) is 0 Å². The molecule has 0 bridgehead atoms. The van der Waals surface area contributed by atoms with Crippen LogP contribution in [0.5, 0.6) is 0 Å². The molecule has 1 fully saturated rings. The Morgan fingerprint density at radius 2 is 2.13 bits per heavy atom. The van der Waals surface area contributed by atoms with Gasteiger partial charge in [0, 0.05) is 19.7 Å². The number of carboxylic acid groups (broad SMARTS) is 1. The zero-order valence-corrected chi connectivity index (χ0v) is 14.9. The predicted molar refractivity (Wildman–Crippen MR) is 94.1 cm³/mol. The number of rotatable bonds is 10. The Bertz CT molecular complexity index is 441. The fourth-order valence-electron chi connectivity index (χ4n) is 3.23. The lowest BCUT2D eigenvalue weighted by Crippen LogP contribution is -2.26. The predicted octanol–water partition coefficient (Wildman–Crippen LogP) is 3.66. The van der Waals surface area contributed by atoms with Crippen molar-refractivity contribution >= 4 is 17.3 Å². The fourth-order valence-corrected chi connectivity index (χ4v) is 3.91. The molecule has 1 aliphatic rings. The number of carbonyl (C=O) groups is 1. The average molecular weight is 340 g/mol. The van der Waals surface area contributed by atoms with Gasteiger partial charge in [-0.3, -0.25) is 4.79 Å². The summed E-state index contributed by atoms with van der Waals surface area (Å²) in [5.41, 5.74) is 1.49. The summed E-state index contributed by atoms with van der Waals surface area (Å²) in [6.07, 6.45) is 7.77. The maximum absolute atomic E-state index is 10.5. The van der Waals surface area contributed by atoms with Crippen LogP contribution in [0.25, 0.3) is 0 Å². The zero-order valence-electron chi connectivity index (χ0n) is 14.1. The molecular weight excluding hydrogens is 310 g/mol. The van der Waals surface area contributed by atoms with E-state index in [4.69, 9.17) is 9.84 Å². The molecule has 1 aliphatic carbocycles. The van der Waals surface area contributed by atoms with Crippen molar-refractivity contribution in [2.24, 2.45) is 5.92 Å². The molecule has 1 N–H and O–H groups in total. The summed E-state index contributed by atoms with van der Waals surface area (Å²) in [7, 11) is 1.97. The van der Waals surface area contributed by atoms with E-state index in [1.54, 1.807) is 11.3 Å². The van der Waals surface area contributed by atoms with Gasteiger partial charge in [0.1, 0.15) is 0 Å². The first-order valence-electron chi connectivity index (χ1n) is 8.66. The van der Waals surface area contributed by atoms with Crippen molar-refractivity contribution in [1.82, 2.24) is 4.90 Å². The van der Waals surface area contributed by atoms with Gasteiger partial charge in [-0.15, -0.1) is 0 Å². The van der Waals surface area contributed by atoms with Gasteiger partial charge in [-0.2, -0.15) is 11.3 Å². The maximum atomic E-state index is 10.5. The summed E-state index contributed by atoms with van der Waals surface area (Å²) in [4.78, 5) is 12.6. The minimum Gasteiger partial charge on any atom is -0.481 e. The highest BCUT2D eigenvalue weighted by molar-refractivity contribution is 7.07. The third kappa shape index (κ3) is 7.46. The molecule has 0 aliphatic heterocycles. The highest BCUT2D eigenvalue weighted by Crippen LogP contribution is 2.29. The largest absolute Gasteiger partial charge is 0.481 e. The van der Waals surface area contributed by atoms with Crippen molar-refractivity contribution in [2.75, 3.05) is 26.7 Å². The summed E-state index contributed by atoms with van der Waals surface area (Å²) >= 11 is 1.79. The molecule has 1 aromatic heterocycles. The minimum absolute atomic E-state index is 0.214. The lowest BCUT2D eigenvalue weighted by Gasteiger charge is -2.28. The van der Waals surface area contributed by atoms with Crippen molar-refractivity contribution in [3.8, 4) is 0 Å². The highest BCUT2D eigenvalue weighted by Gasteiger charge is 2.21. The Labute approximate surface area is 143 Å². The van der Waals surface area contributed by atoms with Crippen LogP contribution in [0.1, 0.15) is 44.1 Å². The van der Waals surface area contributed by atoms with Gasteiger partial charge < -0.3 is 14.7 Å². The summed E-state index contributed by atoms with van der Waals surface area (Å²) in [6.45, 7) is 2.31. The number of aliphatic carboxylic acids is 1. The SMILES string of the molecule is CN(CCCOC1CCC(Cc2ccsc2)CC1)CCC(=O)O. The molecule has 130 valence electrons. The van der Waals surface area contributed by atoms with Gasteiger partial charge in [-0.1, -0.05) is 0 Å². The van der Waals surface area contributed by atoms with Gasteiger partial charge in [-0.05, 0) is 73.9 Å². The van der Waals surface area contributed by atoms with E-state index in [1.165, 1.54) is 37.7 Å². The summed E-state index contributed by atoms with van der Waals surface area (Å²) in [6, 6.07) is 2.24. The first kappa shape index (κ1) is 18.4. The molecule has 1 saturated carbocycles. The van der Waals surface area contributed by atoms with E-state index in [1.807, 2.05) is 7.05 Å². The van der Waals surface area contributed by atoms with Crippen LogP contribution in [0.4, 0.5) is 0 Å². The molecule has 0 unspecified atom stereocenters. The summed E-state index contributed by atoms with van der Waals surface area (Å²) in [5.74, 6) is 0.0962. The van der Waals surface area contributed by atoms with Gasteiger partial charge in [0.2, 0.25) is 0 Å². The smallest absolute Gasteiger partial charge is 0.304 e. The molecule has 0 spiro atoms. The number of thiophene rings is 1. The van der Waals surface area contributed by atoms with E-state index in [-0.39, 0.29) is 6.42 Å². The van der Waals surface area contributed by atoms with Crippen molar-refractivity contribution in [2.45, 2.75) is 51.0 Å². The molecule has 5 heteroatoms. The van der Waals surface area contributed by atoms with Crippen molar-refractivity contribution in [1.29, 1.82) is 0 Å². The van der Waals surface area contributed by atoms with Crippen molar-refractivity contribution in [3.63, 3.8) is 0 Å². The van der Waals surface area contributed by atoms with E-state index < -0.39 is 5.97 Å². The summed E-state index contributed by atoms with van der Waals surface area (Å²) < 4.78 is 6.00. The zero-order chi connectivity index (χ0) is 16.5. The second-order valence-electron chi connectivity index (χ2n) is 6.65. The number of hydrogen-bond acceptors (Lipinski definition) is 4. The summed E-state index contributed by atoms with van der Waals surface area (Å²) in [5, 5.41) is 13.1. The lowest BCUT2D eigenvalue weighted by molar-refractivity contribution is -0.137. The second kappa shape index (κ2) is 10.1. The van der Waals surface area contributed by atoms with E-state index in [0.717, 1.165) is 25.5 Å². The highest BCUT2D eigenvalue weighted by atomic mass is 32.1. The first-order chi connectivity index (χ1) is 11.1. The van der Waals surface area contributed by atoms with E-state index in [2.05, 4.69) is 21.7 Å². The Morgan fingerprint density at radius 1 is 1.35 bits per heavy atom. The van der Waals surface area contributed by atoms with Crippen LogP contribution < -0.4 is 0 Å². The van der Waals surface area contributed by atoms with Crippen LogP contribution in [0, 0.1) is 5.92 Å². The number of hydrogen-bond donors (Lipinski definition) is 1. The van der Waals surface area contributed by atoms with Crippen LogP contribution in [-0.2, 0) is 16.0 Å². The minimum atomic E-state index is -0.729. The molecule has 0 saturated heterocycles. The second-order valence-corrected chi connectivity index (χ2v) is 7.43. The standard InChI is InChI=1S/C18H29NO3S/c1-19(10-7-18(20)21)9-2-11-22-17-5-3-15(4-6-17)13-16-8-12-23-14-16/h8,12,14-15,17H,2-7,9-11,13H2,1H3,(H,20,21). The maximum Gasteiger partial charge on any atom is 0.304 e. The average Bonchev–Trinajstić information content (AvgIpc) is 3.04. The van der Waals surface area contributed by atoms with Gasteiger partial charge in [0.25, 0.3) is 0 Å². The third-order valence-electron chi connectivity index (χ3n) is 4.64. The topological polar surface area (TPSA) is 49.8 Å². The van der Waals surface area contributed by atoms with E-state index in [0.29, 0.717) is 12.6 Å². The molecule has 2 rings (SSSR count). The van der Waals surface area contributed by atoms with Gasteiger partial charge in [0.15, 0.2) is 0 Å². The van der Waals surface area contributed by atoms with E-state index >= 15 is 0 Å². The molecule has 1 heterocycles. The Hall–Kier alpha value is -0.910. The molecule has 0 amide bonds.